The molecule has 17 heavy (non-hydrogen) atoms. The van der Waals surface area contributed by atoms with Gasteiger partial charge in [0, 0.05) is 30.9 Å². The van der Waals surface area contributed by atoms with Crippen molar-refractivity contribution in [3.05, 3.63) is 24.2 Å². The predicted octanol–water partition coefficient (Wildman–Crippen LogP) is 1.81. The molecule has 0 atom stereocenters. The third-order valence-electron chi connectivity index (χ3n) is 3.02. The molecule has 1 fully saturated rings. The highest BCUT2D eigenvalue weighted by molar-refractivity contribution is 5.58. The zero-order valence-corrected chi connectivity index (χ0v) is 9.89. The number of nitrogens with one attached hydrogen (secondary N) is 1. The van der Waals surface area contributed by atoms with E-state index in [0.29, 0.717) is 6.04 Å². The smallest absolute Gasteiger partial charge is 0.174 e. The Balaban J connectivity index is 1.78. The molecule has 1 N–H and O–H groups in total. The van der Waals surface area contributed by atoms with Crippen LogP contribution in [-0.2, 0) is 13.1 Å². The first-order valence-electron chi connectivity index (χ1n) is 6.06. The fourth-order valence-electron chi connectivity index (χ4n) is 1.82. The Hall–Kier alpha value is -1.62. The van der Waals surface area contributed by atoms with Crippen molar-refractivity contribution >= 4 is 0 Å². The Kier molecular flexibility index (Phi) is 2.68. The van der Waals surface area contributed by atoms with Gasteiger partial charge in [0.25, 0.3) is 0 Å². The van der Waals surface area contributed by atoms with Crippen molar-refractivity contribution in [2.75, 3.05) is 0 Å². The highest BCUT2D eigenvalue weighted by atomic mass is 16.5. The van der Waals surface area contributed by atoms with E-state index in [9.17, 15) is 0 Å². The van der Waals surface area contributed by atoms with E-state index in [4.69, 9.17) is 4.52 Å². The van der Waals surface area contributed by atoms with Gasteiger partial charge in [0.2, 0.25) is 0 Å². The number of hydrogen-bond acceptors (Lipinski definition) is 4. The zero-order valence-electron chi connectivity index (χ0n) is 9.89. The van der Waals surface area contributed by atoms with E-state index in [-0.39, 0.29) is 0 Å². The van der Waals surface area contributed by atoms with Crippen molar-refractivity contribution in [1.82, 2.24) is 20.3 Å². The first-order chi connectivity index (χ1) is 8.36. The molecule has 0 aliphatic heterocycles. The van der Waals surface area contributed by atoms with Gasteiger partial charge < -0.3 is 9.84 Å². The van der Waals surface area contributed by atoms with Gasteiger partial charge in [0.05, 0.1) is 18.0 Å². The lowest BCUT2D eigenvalue weighted by molar-refractivity contribution is 0.431. The normalized spacial score (nSPS) is 15.4. The predicted molar refractivity (Wildman–Crippen MR) is 63.3 cm³/mol. The summed E-state index contributed by atoms with van der Waals surface area (Å²) in [5, 5.41) is 11.6. The van der Waals surface area contributed by atoms with Crippen LogP contribution in [-0.4, -0.2) is 21.0 Å². The van der Waals surface area contributed by atoms with Gasteiger partial charge in [-0.3, -0.25) is 4.68 Å². The van der Waals surface area contributed by atoms with E-state index >= 15 is 0 Å². The quantitative estimate of drug-likeness (QED) is 0.854. The number of nitrogens with zero attached hydrogens (tertiary/aromatic N) is 3. The molecule has 0 saturated heterocycles. The lowest BCUT2D eigenvalue weighted by Crippen LogP contribution is -2.15. The zero-order chi connectivity index (χ0) is 11.7. The van der Waals surface area contributed by atoms with Crippen LogP contribution in [0.15, 0.2) is 23.1 Å². The number of rotatable bonds is 5. The first kappa shape index (κ1) is 10.5. The van der Waals surface area contributed by atoms with Gasteiger partial charge in [0.15, 0.2) is 5.76 Å². The van der Waals surface area contributed by atoms with Crippen LogP contribution in [0.5, 0.6) is 0 Å². The average Bonchev–Trinajstić information content (AvgIpc) is 2.89. The molecule has 1 aliphatic carbocycles. The lowest BCUT2D eigenvalue weighted by atomic mass is 10.2. The maximum atomic E-state index is 5.32. The van der Waals surface area contributed by atoms with Gasteiger partial charge in [-0.05, 0) is 19.8 Å². The van der Waals surface area contributed by atoms with Crippen molar-refractivity contribution in [1.29, 1.82) is 0 Å². The third-order valence-corrected chi connectivity index (χ3v) is 3.02. The SMILES string of the molecule is CCn1cc(-c2oncc2CNC2CC2)cn1. The van der Waals surface area contributed by atoms with Crippen molar-refractivity contribution in [2.45, 2.75) is 38.9 Å². The summed E-state index contributed by atoms with van der Waals surface area (Å²) >= 11 is 0. The second kappa shape index (κ2) is 4.33. The van der Waals surface area contributed by atoms with Crippen molar-refractivity contribution in [3.63, 3.8) is 0 Å². The van der Waals surface area contributed by atoms with Crippen LogP contribution in [0.25, 0.3) is 11.3 Å². The molecule has 0 radical (unpaired) electrons. The standard InChI is InChI=1S/C12H16N4O/c1-2-16-8-10(6-14-16)12-9(7-15-17-12)5-13-11-3-4-11/h6-8,11,13H,2-5H2,1H3. The van der Waals surface area contributed by atoms with E-state index in [1.165, 1.54) is 12.8 Å². The van der Waals surface area contributed by atoms with Crippen LogP contribution >= 0.6 is 0 Å². The van der Waals surface area contributed by atoms with Crippen LogP contribution in [0.3, 0.4) is 0 Å². The van der Waals surface area contributed by atoms with Crippen LogP contribution in [0.4, 0.5) is 0 Å². The fraction of sp³-hybridized carbons (Fsp3) is 0.500. The minimum Gasteiger partial charge on any atom is -0.356 e. The van der Waals surface area contributed by atoms with Crippen molar-refractivity contribution in [2.24, 2.45) is 0 Å². The lowest BCUT2D eigenvalue weighted by Gasteiger charge is -2.00. The summed E-state index contributed by atoms with van der Waals surface area (Å²) in [7, 11) is 0. The van der Waals surface area contributed by atoms with Gasteiger partial charge in [-0.25, -0.2) is 0 Å². The molecule has 0 spiro atoms. The van der Waals surface area contributed by atoms with Gasteiger partial charge in [-0.15, -0.1) is 0 Å². The van der Waals surface area contributed by atoms with Gasteiger partial charge in [-0.1, -0.05) is 5.16 Å². The fourth-order valence-corrected chi connectivity index (χ4v) is 1.82. The Bertz CT molecular complexity index is 498. The maximum absolute atomic E-state index is 5.32. The van der Waals surface area contributed by atoms with Crippen LogP contribution in [0.1, 0.15) is 25.3 Å². The molecule has 90 valence electrons. The molecule has 5 heteroatoms. The third kappa shape index (κ3) is 2.24. The largest absolute Gasteiger partial charge is 0.356 e. The summed E-state index contributed by atoms with van der Waals surface area (Å²) in [6.07, 6.45) is 8.17. The molecular formula is C12H16N4O. The van der Waals surface area contributed by atoms with Crippen LogP contribution in [0.2, 0.25) is 0 Å². The van der Waals surface area contributed by atoms with E-state index in [1.807, 2.05) is 17.1 Å². The molecule has 0 aromatic carbocycles. The monoisotopic (exact) mass is 232 g/mol. The minimum atomic E-state index is 0.691. The molecule has 0 bridgehead atoms. The maximum Gasteiger partial charge on any atom is 0.174 e. The second-order valence-corrected chi connectivity index (χ2v) is 4.42. The molecule has 3 rings (SSSR count). The number of aryl methyl sites for hydroxylation is 1. The van der Waals surface area contributed by atoms with E-state index < -0.39 is 0 Å². The molecular weight excluding hydrogens is 216 g/mol. The molecule has 2 heterocycles. The Morgan fingerprint density at radius 3 is 3.06 bits per heavy atom. The Labute approximate surface area is 99.8 Å². The molecule has 0 amide bonds. The molecule has 0 unspecified atom stereocenters. The average molecular weight is 232 g/mol. The van der Waals surface area contributed by atoms with Gasteiger partial charge >= 0.3 is 0 Å². The van der Waals surface area contributed by atoms with E-state index in [0.717, 1.165) is 30.0 Å². The number of aromatic nitrogens is 3. The summed E-state index contributed by atoms with van der Waals surface area (Å²) in [4.78, 5) is 0. The summed E-state index contributed by atoms with van der Waals surface area (Å²) < 4.78 is 7.20. The van der Waals surface area contributed by atoms with Crippen LogP contribution in [0, 0.1) is 0 Å². The van der Waals surface area contributed by atoms with Gasteiger partial charge in [0.1, 0.15) is 0 Å². The molecule has 1 aliphatic rings. The molecule has 2 aromatic heterocycles. The van der Waals surface area contributed by atoms with E-state index in [1.54, 1.807) is 6.20 Å². The summed E-state index contributed by atoms with van der Waals surface area (Å²) in [5.74, 6) is 0.831. The summed E-state index contributed by atoms with van der Waals surface area (Å²) in [6, 6.07) is 0.691. The first-order valence-corrected chi connectivity index (χ1v) is 6.06. The molecule has 2 aromatic rings. The Morgan fingerprint density at radius 2 is 2.35 bits per heavy atom. The van der Waals surface area contributed by atoms with Gasteiger partial charge in [-0.2, -0.15) is 5.10 Å². The highest BCUT2D eigenvalue weighted by Gasteiger charge is 2.21. The summed E-state index contributed by atoms with van der Waals surface area (Å²) in [5.41, 5.74) is 2.10. The van der Waals surface area contributed by atoms with Crippen LogP contribution < -0.4 is 5.32 Å². The van der Waals surface area contributed by atoms with Crippen molar-refractivity contribution in [3.8, 4) is 11.3 Å². The second-order valence-electron chi connectivity index (χ2n) is 4.42. The number of hydrogen-bond donors (Lipinski definition) is 1. The van der Waals surface area contributed by atoms with Crippen molar-refractivity contribution < 1.29 is 4.52 Å². The molecule has 5 nitrogen and oxygen atoms in total. The highest BCUT2D eigenvalue weighted by Crippen LogP contribution is 2.25. The summed E-state index contributed by atoms with van der Waals surface area (Å²) in [6.45, 7) is 3.75. The molecule has 1 saturated carbocycles. The van der Waals surface area contributed by atoms with E-state index in [2.05, 4.69) is 22.5 Å². The Morgan fingerprint density at radius 1 is 1.47 bits per heavy atom. The topological polar surface area (TPSA) is 55.9 Å². The minimum absolute atomic E-state index is 0.691.